The van der Waals surface area contributed by atoms with Gasteiger partial charge in [0.1, 0.15) is 9.84 Å². The van der Waals surface area contributed by atoms with E-state index in [9.17, 15) is 8.42 Å². The van der Waals surface area contributed by atoms with E-state index in [-0.39, 0.29) is 35.1 Å². The van der Waals surface area contributed by atoms with E-state index in [1.807, 2.05) is 6.92 Å². The molecule has 0 atom stereocenters. The monoisotopic (exact) mass is 487 g/mol. The summed E-state index contributed by atoms with van der Waals surface area (Å²) in [5.41, 5.74) is 1.15. The number of thiophene rings is 1. The zero-order valence-corrected chi connectivity index (χ0v) is 19.1. The van der Waals surface area contributed by atoms with E-state index in [1.54, 1.807) is 11.3 Å². The SMILES string of the molecule is CCNC(=NCc1sccc1C)NCC(C)(C)CCS(C)(=O)=O.I. The van der Waals surface area contributed by atoms with Gasteiger partial charge in [0.2, 0.25) is 0 Å². The Hall–Kier alpha value is -0.350. The van der Waals surface area contributed by atoms with Crippen molar-refractivity contribution in [1.82, 2.24) is 10.6 Å². The summed E-state index contributed by atoms with van der Waals surface area (Å²) in [6, 6.07) is 2.10. The van der Waals surface area contributed by atoms with Crippen LogP contribution in [0.15, 0.2) is 16.4 Å². The lowest BCUT2D eigenvalue weighted by molar-refractivity contribution is 0.348. The van der Waals surface area contributed by atoms with Gasteiger partial charge in [0.25, 0.3) is 0 Å². The highest BCUT2D eigenvalue weighted by molar-refractivity contribution is 14.0. The van der Waals surface area contributed by atoms with Gasteiger partial charge in [0.15, 0.2) is 5.96 Å². The standard InChI is InChI=1S/C16H29N3O2S2.HI/c1-6-17-15(18-11-14-13(2)7-9-22-14)19-12-16(3,4)8-10-23(5,20)21;/h7,9H,6,8,10-12H2,1-5H3,(H2,17,18,19);1H. The molecule has 0 aliphatic carbocycles. The van der Waals surface area contributed by atoms with Crippen molar-refractivity contribution in [3.8, 4) is 0 Å². The Morgan fingerprint density at radius 1 is 1.33 bits per heavy atom. The Bertz CT molecular complexity index is 625. The number of nitrogens with one attached hydrogen (secondary N) is 2. The molecule has 0 spiro atoms. The second-order valence-electron chi connectivity index (χ2n) is 6.62. The highest BCUT2D eigenvalue weighted by Crippen LogP contribution is 2.20. The molecule has 1 aromatic heterocycles. The zero-order chi connectivity index (χ0) is 17.5. The van der Waals surface area contributed by atoms with Gasteiger partial charge in [-0.05, 0) is 42.7 Å². The fourth-order valence-electron chi connectivity index (χ4n) is 1.93. The highest BCUT2D eigenvalue weighted by Gasteiger charge is 2.20. The zero-order valence-electron chi connectivity index (χ0n) is 15.2. The van der Waals surface area contributed by atoms with Gasteiger partial charge < -0.3 is 10.6 Å². The van der Waals surface area contributed by atoms with Crippen LogP contribution in [0.5, 0.6) is 0 Å². The molecule has 0 fully saturated rings. The Morgan fingerprint density at radius 3 is 2.50 bits per heavy atom. The van der Waals surface area contributed by atoms with Crippen molar-refractivity contribution < 1.29 is 8.42 Å². The van der Waals surface area contributed by atoms with E-state index in [1.165, 1.54) is 16.7 Å². The van der Waals surface area contributed by atoms with Crippen molar-refractivity contribution in [1.29, 1.82) is 0 Å². The van der Waals surface area contributed by atoms with Crippen molar-refractivity contribution in [3.05, 3.63) is 21.9 Å². The van der Waals surface area contributed by atoms with Gasteiger partial charge in [-0.25, -0.2) is 13.4 Å². The molecule has 0 bridgehead atoms. The number of hydrogen-bond donors (Lipinski definition) is 2. The van der Waals surface area contributed by atoms with E-state index < -0.39 is 9.84 Å². The van der Waals surface area contributed by atoms with Crippen LogP contribution in [-0.4, -0.2) is 39.5 Å². The van der Waals surface area contributed by atoms with Gasteiger partial charge in [-0.2, -0.15) is 0 Å². The van der Waals surface area contributed by atoms with E-state index in [4.69, 9.17) is 0 Å². The molecule has 24 heavy (non-hydrogen) atoms. The third-order valence-corrected chi connectivity index (χ3v) is 5.53. The van der Waals surface area contributed by atoms with Gasteiger partial charge in [0, 0.05) is 24.2 Å². The number of rotatable bonds is 8. The van der Waals surface area contributed by atoms with Gasteiger partial charge in [-0.15, -0.1) is 35.3 Å². The first kappa shape index (κ1) is 23.6. The minimum atomic E-state index is -2.92. The molecule has 1 aromatic rings. The minimum absolute atomic E-state index is 0. The van der Waals surface area contributed by atoms with E-state index >= 15 is 0 Å². The first-order chi connectivity index (χ1) is 10.6. The molecule has 140 valence electrons. The number of hydrogen-bond acceptors (Lipinski definition) is 4. The summed E-state index contributed by atoms with van der Waals surface area (Å²) in [5, 5.41) is 8.64. The Kier molecular flexibility index (Phi) is 10.4. The van der Waals surface area contributed by atoms with Crippen molar-refractivity contribution in [2.45, 2.75) is 40.7 Å². The summed E-state index contributed by atoms with van der Waals surface area (Å²) in [5.74, 6) is 0.983. The molecule has 0 radical (unpaired) electrons. The van der Waals surface area contributed by atoms with Crippen LogP contribution in [0.4, 0.5) is 0 Å². The quantitative estimate of drug-likeness (QED) is 0.336. The predicted molar refractivity (Wildman–Crippen MR) is 115 cm³/mol. The number of nitrogens with zero attached hydrogens (tertiary/aromatic N) is 1. The maximum Gasteiger partial charge on any atom is 0.191 e. The second-order valence-corrected chi connectivity index (χ2v) is 9.88. The van der Waals surface area contributed by atoms with Crippen LogP contribution in [0.2, 0.25) is 0 Å². The van der Waals surface area contributed by atoms with Crippen LogP contribution in [-0.2, 0) is 16.4 Å². The van der Waals surface area contributed by atoms with Crippen LogP contribution in [0.25, 0.3) is 0 Å². The van der Waals surface area contributed by atoms with Crippen LogP contribution >= 0.6 is 35.3 Å². The topological polar surface area (TPSA) is 70.6 Å². The lowest BCUT2D eigenvalue weighted by Crippen LogP contribution is -2.42. The van der Waals surface area contributed by atoms with Crippen LogP contribution < -0.4 is 10.6 Å². The Balaban J connectivity index is 0.00000529. The lowest BCUT2D eigenvalue weighted by atomic mass is 9.90. The van der Waals surface area contributed by atoms with Crippen molar-refractivity contribution >= 4 is 51.1 Å². The van der Waals surface area contributed by atoms with Crippen molar-refractivity contribution in [3.63, 3.8) is 0 Å². The molecule has 0 aliphatic rings. The summed E-state index contributed by atoms with van der Waals surface area (Å²) >= 11 is 1.71. The van der Waals surface area contributed by atoms with Crippen LogP contribution in [0.1, 0.15) is 37.6 Å². The third-order valence-electron chi connectivity index (χ3n) is 3.58. The first-order valence-corrected chi connectivity index (χ1v) is 10.8. The van der Waals surface area contributed by atoms with Crippen LogP contribution in [0, 0.1) is 12.3 Å². The number of sulfone groups is 1. The number of guanidine groups is 1. The molecule has 8 heteroatoms. The molecule has 1 rings (SSSR count). The summed E-state index contributed by atoms with van der Waals surface area (Å²) in [4.78, 5) is 5.88. The maximum absolute atomic E-state index is 11.3. The average Bonchev–Trinajstić information content (AvgIpc) is 2.85. The second kappa shape index (κ2) is 10.6. The molecular weight excluding hydrogens is 457 g/mol. The minimum Gasteiger partial charge on any atom is -0.357 e. The molecule has 0 saturated carbocycles. The smallest absolute Gasteiger partial charge is 0.191 e. The fourth-order valence-corrected chi connectivity index (χ4v) is 3.68. The predicted octanol–water partition coefficient (Wildman–Crippen LogP) is 3.19. The largest absolute Gasteiger partial charge is 0.357 e. The van der Waals surface area contributed by atoms with Gasteiger partial charge in [-0.1, -0.05) is 13.8 Å². The van der Waals surface area contributed by atoms with Crippen molar-refractivity contribution in [2.75, 3.05) is 25.1 Å². The summed E-state index contributed by atoms with van der Waals surface area (Å²) in [7, 11) is -2.92. The van der Waals surface area contributed by atoms with Gasteiger partial charge >= 0.3 is 0 Å². The van der Waals surface area contributed by atoms with Crippen LogP contribution in [0.3, 0.4) is 0 Å². The van der Waals surface area contributed by atoms with Crippen molar-refractivity contribution in [2.24, 2.45) is 10.4 Å². The summed E-state index contributed by atoms with van der Waals surface area (Å²) in [6.07, 6.45) is 1.91. The maximum atomic E-state index is 11.3. The normalized spacial score (nSPS) is 12.6. The number of aryl methyl sites for hydroxylation is 1. The molecule has 0 amide bonds. The molecule has 0 aromatic carbocycles. The Morgan fingerprint density at radius 2 is 2.00 bits per heavy atom. The number of halogens is 1. The van der Waals surface area contributed by atoms with E-state index in [0.29, 0.717) is 19.5 Å². The molecule has 1 heterocycles. The molecular formula is C16H30IN3O2S2. The molecule has 0 aliphatic heterocycles. The van der Waals surface area contributed by atoms with Gasteiger partial charge in [0.05, 0.1) is 12.3 Å². The molecule has 2 N–H and O–H groups in total. The molecule has 5 nitrogen and oxygen atoms in total. The fraction of sp³-hybridized carbons (Fsp3) is 0.688. The summed E-state index contributed by atoms with van der Waals surface area (Å²) < 4.78 is 22.7. The molecule has 0 unspecified atom stereocenters. The van der Waals surface area contributed by atoms with E-state index in [0.717, 1.165) is 12.5 Å². The van der Waals surface area contributed by atoms with E-state index in [2.05, 4.69) is 47.8 Å². The lowest BCUT2D eigenvalue weighted by Gasteiger charge is -2.25. The average molecular weight is 487 g/mol. The van der Waals surface area contributed by atoms with Gasteiger partial charge in [-0.3, -0.25) is 0 Å². The first-order valence-electron chi connectivity index (χ1n) is 7.86. The molecule has 0 saturated heterocycles. The number of aliphatic imine (C=N–C) groups is 1. The Labute approximate surface area is 167 Å². The summed E-state index contributed by atoms with van der Waals surface area (Å²) in [6.45, 7) is 10.4. The third kappa shape index (κ3) is 9.83. The highest BCUT2D eigenvalue weighted by atomic mass is 127.